The van der Waals surface area contributed by atoms with Crippen LogP contribution in [0.5, 0.6) is 5.75 Å². The molecule has 0 aliphatic heterocycles. The lowest BCUT2D eigenvalue weighted by molar-refractivity contribution is -0.112. The normalized spacial score (nSPS) is 10.8. The summed E-state index contributed by atoms with van der Waals surface area (Å²) in [6.45, 7) is 3.24. The molecule has 2 N–H and O–H groups in total. The summed E-state index contributed by atoms with van der Waals surface area (Å²) < 4.78 is 0. The number of anilines is 1. The van der Waals surface area contributed by atoms with Gasteiger partial charge in [-0.15, -0.1) is 0 Å². The number of amides is 1. The van der Waals surface area contributed by atoms with Crippen LogP contribution in [0.2, 0.25) is 0 Å². The zero-order chi connectivity index (χ0) is 17.4. The van der Waals surface area contributed by atoms with Crippen LogP contribution in [0.1, 0.15) is 12.5 Å². The quantitative estimate of drug-likeness (QED) is 0.632. The third-order valence-electron chi connectivity index (χ3n) is 3.42. The Morgan fingerprint density at radius 1 is 1.25 bits per heavy atom. The third-order valence-corrected chi connectivity index (χ3v) is 3.42. The van der Waals surface area contributed by atoms with Gasteiger partial charge in [-0.1, -0.05) is 36.4 Å². The minimum absolute atomic E-state index is 0.0103. The van der Waals surface area contributed by atoms with E-state index in [1.165, 1.54) is 12.1 Å². The van der Waals surface area contributed by atoms with Gasteiger partial charge in [0.25, 0.3) is 5.91 Å². The molecule has 2 rings (SSSR count). The number of phenols is 1. The smallest absolute Gasteiger partial charge is 0.267 e. The van der Waals surface area contributed by atoms with Crippen LogP contribution in [0.4, 0.5) is 5.69 Å². The van der Waals surface area contributed by atoms with Crippen molar-refractivity contribution in [3.8, 4) is 11.8 Å². The second-order valence-corrected chi connectivity index (χ2v) is 5.21. The molecule has 5 heteroatoms. The van der Waals surface area contributed by atoms with Crippen molar-refractivity contribution in [3.63, 3.8) is 0 Å². The van der Waals surface area contributed by atoms with Crippen molar-refractivity contribution in [1.29, 1.82) is 5.26 Å². The first-order valence-corrected chi connectivity index (χ1v) is 7.62. The number of hydrogen-bond donors (Lipinski definition) is 2. The van der Waals surface area contributed by atoms with Crippen LogP contribution in [-0.4, -0.2) is 22.5 Å². The molecule has 0 bridgehead atoms. The van der Waals surface area contributed by atoms with Crippen molar-refractivity contribution in [2.45, 2.75) is 13.5 Å². The van der Waals surface area contributed by atoms with E-state index in [1.54, 1.807) is 18.3 Å². The van der Waals surface area contributed by atoms with Gasteiger partial charge in [0.15, 0.2) is 0 Å². The van der Waals surface area contributed by atoms with Gasteiger partial charge in [-0.3, -0.25) is 4.79 Å². The van der Waals surface area contributed by atoms with Crippen LogP contribution in [0.15, 0.2) is 66.4 Å². The topological polar surface area (TPSA) is 76.4 Å². The highest BCUT2D eigenvalue weighted by atomic mass is 16.3. The molecule has 0 spiro atoms. The number of carbonyl (C=O) groups excluding carboxylic acids is 1. The molecule has 0 aromatic heterocycles. The summed E-state index contributed by atoms with van der Waals surface area (Å²) in [7, 11) is 0. The van der Waals surface area contributed by atoms with E-state index in [1.807, 2.05) is 48.2 Å². The minimum Gasteiger partial charge on any atom is -0.508 e. The van der Waals surface area contributed by atoms with Crippen molar-refractivity contribution < 1.29 is 9.90 Å². The van der Waals surface area contributed by atoms with Crippen LogP contribution in [0.3, 0.4) is 0 Å². The van der Waals surface area contributed by atoms with Gasteiger partial charge in [-0.2, -0.15) is 5.26 Å². The Hall–Kier alpha value is -3.26. The highest BCUT2D eigenvalue weighted by Gasteiger charge is 2.11. The standard InChI is InChI=1S/C19H19N3O2/c1-2-22(13-15-7-4-3-5-8-15)14-16(12-20)19(24)21-17-9-6-10-18(23)11-17/h3-11,14,23H,2,13H2,1H3,(H,21,24)/b16-14-. The summed E-state index contributed by atoms with van der Waals surface area (Å²) in [5, 5.41) is 21.3. The van der Waals surface area contributed by atoms with Crippen molar-refractivity contribution in [2.24, 2.45) is 0 Å². The number of nitrogens with zero attached hydrogens (tertiary/aromatic N) is 2. The van der Waals surface area contributed by atoms with Crippen LogP contribution < -0.4 is 5.32 Å². The molecule has 2 aromatic carbocycles. The molecule has 5 nitrogen and oxygen atoms in total. The number of phenolic OH excluding ortho intramolecular Hbond substituents is 1. The van der Waals surface area contributed by atoms with Crippen LogP contribution in [0.25, 0.3) is 0 Å². The van der Waals surface area contributed by atoms with Gasteiger partial charge in [0.1, 0.15) is 17.4 Å². The number of nitrogens with one attached hydrogen (secondary N) is 1. The fourth-order valence-corrected chi connectivity index (χ4v) is 2.17. The maximum atomic E-state index is 12.2. The molecule has 0 heterocycles. The van der Waals surface area contributed by atoms with Crippen molar-refractivity contribution in [3.05, 3.63) is 71.9 Å². The fourth-order valence-electron chi connectivity index (χ4n) is 2.17. The average Bonchev–Trinajstić information content (AvgIpc) is 2.59. The predicted molar refractivity (Wildman–Crippen MR) is 93.0 cm³/mol. The lowest BCUT2D eigenvalue weighted by Crippen LogP contribution is -2.21. The lowest BCUT2D eigenvalue weighted by atomic mass is 10.2. The number of aromatic hydroxyl groups is 1. The molecule has 0 fully saturated rings. The van der Waals surface area contributed by atoms with Crippen LogP contribution in [0, 0.1) is 11.3 Å². The molecule has 0 saturated heterocycles. The number of rotatable bonds is 6. The Balaban J connectivity index is 2.11. The third kappa shape index (κ3) is 4.89. The molecule has 0 atom stereocenters. The van der Waals surface area contributed by atoms with E-state index < -0.39 is 5.91 Å². The van der Waals surface area contributed by atoms with Gasteiger partial charge in [-0.05, 0) is 24.6 Å². The molecule has 0 aliphatic carbocycles. The molecule has 0 aliphatic rings. The Morgan fingerprint density at radius 3 is 2.62 bits per heavy atom. The molecule has 1 amide bonds. The first-order chi connectivity index (χ1) is 11.6. The average molecular weight is 321 g/mol. The van der Waals surface area contributed by atoms with Crippen molar-refractivity contribution in [1.82, 2.24) is 4.90 Å². The monoisotopic (exact) mass is 321 g/mol. The summed E-state index contributed by atoms with van der Waals surface area (Å²) in [6, 6.07) is 18.0. The number of benzene rings is 2. The molecule has 122 valence electrons. The molecule has 0 radical (unpaired) electrons. The zero-order valence-corrected chi connectivity index (χ0v) is 13.4. The Morgan fingerprint density at radius 2 is 2.00 bits per heavy atom. The van der Waals surface area contributed by atoms with E-state index in [0.717, 1.165) is 5.56 Å². The molecular formula is C19H19N3O2. The lowest BCUT2D eigenvalue weighted by Gasteiger charge is -2.19. The maximum absolute atomic E-state index is 12.2. The van der Waals surface area contributed by atoms with Gasteiger partial charge in [0.2, 0.25) is 0 Å². The van der Waals surface area contributed by atoms with Crippen molar-refractivity contribution >= 4 is 11.6 Å². The van der Waals surface area contributed by atoms with E-state index in [9.17, 15) is 15.2 Å². The van der Waals surface area contributed by atoms with Gasteiger partial charge in [0, 0.05) is 31.0 Å². The highest BCUT2D eigenvalue weighted by molar-refractivity contribution is 6.06. The molecule has 0 unspecified atom stereocenters. The first-order valence-electron chi connectivity index (χ1n) is 7.62. The molecule has 2 aromatic rings. The first kappa shape index (κ1) is 17.1. The second-order valence-electron chi connectivity index (χ2n) is 5.21. The van der Waals surface area contributed by atoms with Gasteiger partial charge in [-0.25, -0.2) is 0 Å². The van der Waals surface area contributed by atoms with E-state index in [-0.39, 0.29) is 11.3 Å². The Kier molecular flexibility index (Phi) is 5.98. The summed E-state index contributed by atoms with van der Waals surface area (Å²) >= 11 is 0. The van der Waals surface area contributed by atoms with Crippen LogP contribution in [-0.2, 0) is 11.3 Å². The molecule has 0 saturated carbocycles. The number of carbonyl (C=O) groups is 1. The molecule has 24 heavy (non-hydrogen) atoms. The fraction of sp³-hybridized carbons (Fsp3) is 0.158. The number of hydrogen-bond acceptors (Lipinski definition) is 4. The van der Waals surface area contributed by atoms with Crippen molar-refractivity contribution in [2.75, 3.05) is 11.9 Å². The SMILES string of the molecule is CCN(/C=C(/C#N)C(=O)Nc1cccc(O)c1)Cc1ccccc1. The van der Waals surface area contributed by atoms with E-state index >= 15 is 0 Å². The number of nitriles is 1. The largest absolute Gasteiger partial charge is 0.508 e. The second kappa shape index (κ2) is 8.39. The summed E-state index contributed by atoms with van der Waals surface area (Å²) in [5.41, 5.74) is 1.55. The maximum Gasteiger partial charge on any atom is 0.267 e. The summed E-state index contributed by atoms with van der Waals surface area (Å²) in [4.78, 5) is 14.1. The van der Waals surface area contributed by atoms with Gasteiger partial charge >= 0.3 is 0 Å². The van der Waals surface area contributed by atoms with Gasteiger partial charge < -0.3 is 15.3 Å². The van der Waals surface area contributed by atoms with E-state index in [2.05, 4.69) is 5.32 Å². The van der Waals surface area contributed by atoms with Gasteiger partial charge in [0.05, 0.1) is 0 Å². The van der Waals surface area contributed by atoms with E-state index in [0.29, 0.717) is 18.8 Å². The highest BCUT2D eigenvalue weighted by Crippen LogP contribution is 2.16. The Labute approximate surface area is 141 Å². The Bertz CT molecular complexity index is 764. The minimum atomic E-state index is -0.505. The molecular weight excluding hydrogens is 302 g/mol. The summed E-state index contributed by atoms with van der Waals surface area (Å²) in [6.07, 6.45) is 1.56. The van der Waals surface area contributed by atoms with E-state index in [4.69, 9.17) is 0 Å². The summed E-state index contributed by atoms with van der Waals surface area (Å²) in [5.74, 6) is -0.454. The zero-order valence-electron chi connectivity index (χ0n) is 13.4. The van der Waals surface area contributed by atoms with Crippen LogP contribution >= 0.6 is 0 Å². The predicted octanol–water partition coefficient (Wildman–Crippen LogP) is 3.26.